The highest BCUT2D eigenvalue weighted by atomic mass is 15.4. The molecule has 0 amide bonds. The first-order chi connectivity index (χ1) is 6.29. The highest BCUT2D eigenvalue weighted by Crippen LogP contribution is 2.28. The number of aryl methyl sites for hydroxylation is 1. The van der Waals surface area contributed by atoms with Gasteiger partial charge in [0, 0.05) is 7.05 Å². The molecule has 2 N–H and O–H groups in total. The second-order valence-corrected chi connectivity index (χ2v) is 3.73. The van der Waals surface area contributed by atoms with E-state index < -0.39 is 0 Å². The lowest BCUT2D eigenvalue weighted by Crippen LogP contribution is -2.27. The molecular weight excluding hydrogens is 160 g/mol. The van der Waals surface area contributed by atoms with Gasteiger partial charge in [0.2, 0.25) is 0 Å². The molecule has 0 bridgehead atoms. The molecule has 0 aromatic heterocycles. The van der Waals surface area contributed by atoms with Crippen molar-refractivity contribution in [2.75, 3.05) is 12.1 Å². The second-order valence-electron chi connectivity index (χ2n) is 3.73. The molecule has 0 saturated carbocycles. The van der Waals surface area contributed by atoms with Crippen LogP contribution in [0.15, 0.2) is 18.2 Å². The Morgan fingerprint density at radius 1 is 1.23 bits per heavy atom. The van der Waals surface area contributed by atoms with Gasteiger partial charge in [-0.05, 0) is 42.9 Å². The molecule has 0 atom stereocenters. The van der Waals surface area contributed by atoms with Crippen LogP contribution in [-0.2, 0) is 12.8 Å². The van der Waals surface area contributed by atoms with Gasteiger partial charge in [-0.3, -0.25) is 0 Å². The fourth-order valence-electron chi connectivity index (χ4n) is 2.09. The predicted octanol–water partition coefficient (Wildman–Crippen LogP) is 1.88. The van der Waals surface area contributed by atoms with Crippen LogP contribution in [0.4, 0.5) is 5.69 Å². The normalized spacial score (nSPS) is 15.2. The molecule has 0 saturated heterocycles. The molecule has 70 valence electrons. The lowest BCUT2D eigenvalue weighted by molar-refractivity contribution is 0.683. The Morgan fingerprint density at radius 2 is 2.00 bits per heavy atom. The number of hydrazine groups is 1. The molecule has 13 heavy (non-hydrogen) atoms. The standard InChI is InChI=1S/C11H16N2/c1-13(12)11-8-4-6-9-5-2-3-7-10(9)11/h4,6,8H,2-3,5,7,12H2,1H3. The smallest absolute Gasteiger partial charge is 0.0548 e. The van der Waals surface area contributed by atoms with Gasteiger partial charge in [0.1, 0.15) is 0 Å². The lowest BCUT2D eigenvalue weighted by Gasteiger charge is -2.23. The quantitative estimate of drug-likeness (QED) is 0.523. The van der Waals surface area contributed by atoms with Gasteiger partial charge in [-0.2, -0.15) is 0 Å². The Hall–Kier alpha value is -1.02. The van der Waals surface area contributed by atoms with Gasteiger partial charge in [-0.25, -0.2) is 5.84 Å². The first-order valence-corrected chi connectivity index (χ1v) is 4.88. The minimum Gasteiger partial charge on any atom is -0.314 e. The molecule has 1 aromatic rings. The number of fused-ring (bicyclic) bond motifs is 1. The molecule has 2 nitrogen and oxygen atoms in total. The third-order valence-electron chi connectivity index (χ3n) is 2.75. The zero-order chi connectivity index (χ0) is 9.26. The van der Waals surface area contributed by atoms with Crippen molar-refractivity contribution in [1.29, 1.82) is 0 Å². The van der Waals surface area contributed by atoms with Crippen molar-refractivity contribution in [2.24, 2.45) is 5.84 Å². The summed E-state index contributed by atoms with van der Waals surface area (Å²) in [7, 11) is 1.91. The number of rotatable bonds is 1. The molecule has 0 fully saturated rings. The Morgan fingerprint density at radius 3 is 2.77 bits per heavy atom. The molecule has 2 heteroatoms. The molecule has 0 unspecified atom stereocenters. The predicted molar refractivity (Wildman–Crippen MR) is 55.7 cm³/mol. The van der Waals surface area contributed by atoms with Gasteiger partial charge in [-0.15, -0.1) is 0 Å². The van der Waals surface area contributed by atoms with E-state index in [1.807, 2.05) is 7.05 Å². The monoisotopic (exact) mass is 176 g/mol. The third kappa shape index (κ3) is 1.54. The summed E-state index contributed by atoms with van der Waals surface area (Å²) in [6.07, 6.45) is 5.03. The zero-order valence-corrected chi connectivity index (χ0v) is 8.09. The van der Waals surface area contributed by atoms with Gasteiger partial charge in [-0.1, -0.05) is 12.1 Å². The number of anilines is 1. The maximum absolute atomic E-state index is 5.77. The summed E-state index contributed by atoms with van der Waals surface area (Å²) in [6, 6.07) is 6.43. The highest BCUT2D eigenvalue weighted by Gasteiger charge is 2.13. The summed E-state index contributed by atoms with van der Waals surface area (Å²) >= 11 is 0. The molecule has 2 rings (SSSR count). The van der Waals surface area contributed by atoms with E-state index in [1.165, 1.54) is 42.5 Å². The van der Waals surface area contributed by atoms with Gasteiger partial charge in [0.15, 0.2) is 0 Å². The first kappa shape index (κ1) is 8.57. The Bertz CT molecular complexity index is 305. The van der Waals surface area contributed by atoms with Crippen LogP contribution in [0.3, 0.4) is 0 Å². The first-order valence-electron chi connectivity index (χ1n) is 4.88. The number of hydrogen-bond donors (Lipinski definition) is 1. The molecule has 1 aromatic carbocycles. The fraction of sp³-hybridized carbons (Fsp3) is 0.455. The zero-order valence-electron chi connectivity index (χ0n) is 8.09. The minimum absolute atomic E-state index is 1.19. The summed E-state index contributed by atoms with van der Waals surface area (Å²) in [5, 5.41) is 1.73. The fourth-order valence-corrected chi connectivity index (χ4v) is 2.09. The lowest BCUT2D eigenvalue weighted by atomic mass is 9.90. The molecule has 0 aliphatic heterocycles. The Balaban J connectivity index is 2.46. The molecule has 0 spiro atoms. The Labute approximate surface area is 79.3 Å². The van der Waals surface area contributed by atoms with Crippen LogP contribution in [0, 0.1) is 0 Å². The summed E-state index contributed by atoms with van der Waals surface area (Å²) < 4.78 is 0. The number of benzene rings is 1. The molecule has 1 aliphatic carbocycles. The molecule has 1 aliphatic rings. The van der Waals surface area contributed by atoms with Crippen LogP contribution in [0.2, 0.25) is 0 Å². The summed E-state index contributed by atoms with van der Waals surface area (Å²) in [5.41, 5.74) is 4.14. The summed E-state index contributed by atoms with van der Waals surface area (Å²) in [4.78, 5) is 0. The van der Waals surface area contributed by atoms with E-state index in [1.54, 1.807) is 5.01 Å². The third-order valence-corrected chi connectivity index (χ3v) is 2.75. The molecule has 0 heterocycles. The van der Waals surface area contributed by atoms with Crippen molar-refractivity contribution < 1.29 is 0 Å². The van der Waals surface area contributed by atoms with E-state index >= 15 is 0 Å². The van der Waals surface area contributed by atoms with E-state index in [9.17, 15) is 0 Å². The maximum atomic E-state index is 5.77. The van der Waals surface area contributed by atoms with E-state index in [4.69, 9.17) is 5.84 Å². The topological polar surface area (TPSA) is 29.3 Å². The number of nitrogens with two attached hydrogens (primary N) is 1. The second kappa shape index (κ2) is 3.38. The van der Waals surface area contributed by atoms with Crippen molar-refractivity contribution in [3.8, 4) is 0 Å². The van der Waals surface area contributed by atoms with Gasteiger partial charge >= 0.3 is 0 Å². The van der Waals surface area contributed by atoms with Crippen LogP contribution in [0.25, 0.3) is 0 Å². The van der Waals surface area contributed by atoms with Gasteiger partial charge in [0.05, 0.1) is 5.69 Å². The van der Waals surface area contributed by atoms with Gasteiger partial charge < -0.3 is 5.01 Å². The van der Waals surface area contributed by atoms with Gasteiger partial charge in [0.25, 0.3) is 0 Å². The summed E-state index contributed by atoms with van der Waals surface area (Å²) in [5.74, 6) is 5.77. The van der Waals surface area contributed by atoms with Crippen LogP contribution in [0.5, 0.6) is 0 Å². The van der Waals surface area contributed by atoms with E-state index in [2.05, 4.69) is 18.2 Å². The van der Waals surface area contributed by atoms with E-state index in [0.29, 0.717) is 0 Å². The van der Waals surface area contributed by atoms with Crippen molar-refractivity contribution in [3.05, 3.63) is 29.3 Å². The average Bonchev–Trinajstić information content (AvgIpc) is 2.17. The van der Waals surface area contributed by atoms with E-state index in [-0.39, 0.29) is 0 Å². The van der Waals surface area contributed by atoms with Crippen LogP contribution >= 0.6 is 0 Å². The number of nitrogens with zero attached hydrogens (tertiary/aromatic N) is 1. The molecule has 0 radical (unpaired) electrons. The SMILES string of the molecule is CN(N)c1cccc2c1CCCC2. The number of hydrogen-bond acceptors (Lipinski definition) is 2. The average molecular weight is 176 g/mol. The van der Waals surface area contributed by atoms with E-state index in [0.717, 1.165) is 0 Å². The minimum atomic E-state index is 1.19. The van der Waals surface area contributed by atoms with Crippen molar-refractivity contribution >= 4 is 5.69 Å². The van der Waals surface area contributed by atoms with Crippen molar-refractivity contribution in [2.45, 2.75) is 25.7 Å². The van der Waals surface area contributed by atoms with Crippen LogP contribution < -0.4 is 10.9 Å². The van der Waals surface area contributed by atoms with Crippen molar-refractivity contribution in [1.82, 2.24) is 0 Å². The summed E-state index contributed by atoms with van der Waals surface area (Å²) in [6.45, 7) is 0. The highest BCUT2D eigenvalue weighted by molar-refractivity contribution is 5.56. The van der Waals surface area contributed by atoms with Crippen LogP contribution in [-0.4, -0.2) is 7.05 Å². The largest absolute Gasteiger partial charge is 0.314 e. The Kier molecular flexibility index (Phi) is 2.23. The maximum Gasteiger partial charge on any atom is 0.0548 e. The van der Waals surface area contributed by atoms with Crippen LogP contribution in [0.1, 0.15) is 24.0 Å². The molecular formula is C11H16N2. The van der Waals surface area contributed by atoms with Crippen molar-refractivity contribution in [3.63, 3.8) is 0 Å².